The average molecular weight is 334 g/mol. The van der Waals surface area contributed by atoms with Gasteiger partial charge in [0.1, 0.15) is 6.04 Å². The highest BCUT2D eigenvalue weighted by Gasteiger charge is 2.25. The first-order valence-electron chi connectivity index (χ1n) is 6.40. The molecule has 0 spiro atoms. The van der Waals surface area contributed by atoms with Crippen LogP contribution in [0.3, 0.4) is 0 Å². The van der Waals surface area contributed by atoms with E-state index in [4.69, 9.17) is 9.84 Å². The van der Waals surface area contributed by atoms with Gasteiger partial charge in [-0.15, -0.1) is 0 Å². The number of carboxylic acid groups (broad SMARTS) is 1. The molecule has 0 aliphatic rings. The van der Waals surface area contributed by atoms with Crippen molar-refractivity contribution in [1.29, 1.82) is 0 Å². The molecule has 1 unspecified atom stereocenters. The summed E-state index contributed by atoms with van der Waals surface area (Å²) < 4.78 is 33.8. The standard InChI is InChI=1S/C13H16F2N2O6/c1-7(12(18)19)16(2)6-8-4-10(22-3)11(23-13(14)15)5-9(8)17(20)21/h4-5,7,13H,6H2,1-3H3,(H,18,19). The molecule has 1 aromatic carbocycles. The fourth-order valence-corrected chi connectivity index (χ4v) is 1.83. The highest BCUT2D eigenvalue weighted by atomic mass is 19.3. The Morgan fingerprint density at radius 1 is 1.43 bits per heavy atom. The molecule has 23 heavy (non-hydrogen) atoms. The van der Waals surface area contributed by atoms with Crippen molar-refractivity contribution in [3.8, 4) is 11.5 Å². The molecule has 8 nitrogen and oxygen atoms in total. The predicted octanol–water partition coefficient (Wildman–Crippen LogP) is 2.11. The number of hydrogen-bond donors (Lipinski definition) is 1. The number of carbonyl (C=O) groups is 1. The number of hydrogen-bond acceptors (Lipinski definition) is 6. The quantitative estimate of drug-likeness (QED) is 0.574. The number of carboxylic acids is 1. The van der Waals surface area contributed by atoms with E-state index in [-0.39, 0.29) is 17.9 Å². The second kappa shape index (κ2) is 7.68. The number of nitro benzene ring substituents is 1. The van der Waals surface area contributed by atoms with Gasteiger partial charge >= 0.3 is 12.6 Å². The number of nitrogens with zero attached hydrogens (tertiary/aromatic N) is 2. The molecule has 0 bridgehead atoms. The summed E-state index contributed by atoms with van der Waals surface area (Å²) >= 11 is 0. The minimum absolute atomic E-state index is 0.0882. The molecule has 0 aliphatic heterocycles. The summed E-state index contributed by atoms with van der Waals surface area (Å²) in [7, 11) is 2.67. The normalized spacial score (nSPS) is 12.3. The van der Waals surface area contributed by atoms with E-state index in [1.807, 2.05) is 0 Å². The number of benzene rings is 1. The number of nitro groups is 1. The van der Waals surface area contributed by atoms with Crippen LogP contribution in [0.1, 0.15) is 12.5 Å². The fourth-order valence-electron chi connectivity index (χ4n) is 1.83. The molecule has 128 valence electrons. The Kier molecular flexibility index (Phi) is 6.19. The predicted molar refractivity (Wildman–Crippen MR) is 74.8 cm³/mol. The molecule has 0 amide bonds. The van der Waals surface area contributed by atoms with Gasteiger partial charge in [-0.1, -0.05) is 0 Å². The number of aliphatic carboxylic acids is 1. The van der Waals surface area contributed by atoms with Crippen molar-refractivity contribution in [2.75, 3.05) is 14.2 Å². The van der Waals surface area contributed by atoms with Crippen molar-refractivity contribution in [2.24, 2.45) is 0 Å². The maximum Gasteiger partial charge on any atom is 0.387 e. The lowest BCUT2D eigenvalue weighted by molar-refractivity contribution is -0.385. The van der Waals surface area contributed by atoms with E-state index >= 15 is 0 Å². The zero-order chi connectivity index (χ0) is 17.7. The molecule has 1 N–H and O–H groups in total. The highest BCUT2D eigenvalue weighted by Crippen LogP contribution is 2.36. The summed E-state index contributed by atoms with van der Waals surface area (Å²) in [6, 6.07) is 1.12. The lowest BCUT2D eigenvalue weighted by atomic mass is 10.1. The summed E-state index contributed by atoms with van der Waals surface area (Å²) in [6.07, 6.45) is 0. The van der Waals surface area contributed by atoms with Crippen molar-refractivity contribution < 1.29 is 33.1 Å². The second-order valence-electron chi connectivity index (χ2n) is 4.70. The van der Waals surface area contributed by atoms with Crippen LogP contribution in [0.15, 0.2) is 12.1 Å². The first-order chi connectivity index (χ1) is 10.7. The molecule has 10 heteroatoms. The maximum atomic E-state index is 12.4. The van der Waals surface area contributed by atoms with Crippen LogP contribution in [0.5, 0.6) is 11.5 Å². The maximum absolute atomic E-state index is 12.4. The van der Waals surface area contributed by atoms with E-state index in [0.717, 1.165) is 6.07 Å². The summed E-state index contributed by atoms with van der Waals surface area (Å²) in [6.45, 7) is -1.83. The van der Waals surface area contributed by atoms with E-state index in [9.17, 15) is 23.7 Å². The number of methoxy groups -OCH3 is 1. The van der Waals surface area contributed by atoms with Crippen molar-refractivity contribution in [3.05, 3.63) is 27.8 Å². The highest BCUT2D eigenvalue weighted by molar-refractivity contribution is 5.72. The molecule has 1 rings (SSSR count). The number of halogens is 2. The van der Waals surface area contributed by atoms with Crippen LogP contribution < -0.4 is 9.47 Å². The first-order valence-corrected chi connectivity index (χ1v) is 6.40. The van der Waals surface area contributed by atoms with Crippen LogP contribution in [0.25, 0.3) is 0 Å². The van der Waals surface area contributed by atoms with Crippen molar-refractivity contribution >= 4 is 11.7 Å². The number of ether oxygens (including phenoxy) is 2. The molecule has 0 aromatic heterocycles. The summed E-state index contributed by atoms with van der Waals surface area (Å²) in [5.41, 5.74) is -0.352. The largest absolute Gasteiger partial charge is 0.493 e. The third-order valence-corrected chi connectivity index (χ3v) is 3.22. The Bertz CT molecular complexity index is 596. The van der Waals surface area contributed by atoms with Gasteiger partial charge in [0, 0.05) is 12.1 Å². The third kappa shape index (κ3) is 4.74. The Balaban J connectivity index is 3.25. The van der Waals surface area contributed by atoms with Gasteiger partial charge in [-0.3, -0.25) is 19.8 Å². The van der Waals surface area contributed by atoms with Gasteiger partial charge in [-0.05, 0) is 20.0 Å². The Labute approximate surface area is 130 Å². The van der Waals surface area contributed by atoms with Gasteiger partial charge < -0.3 is 14.6 Å². The van der Waals surface area contributed by atoms with E-state index in [1.54, 1.807) is 0 Å². The third-order valence-electron chi connectivity index (χ3n) is 3.22. The van der Waals surface area contributed by atoms with Crippen molar-refractivity contribution in [3.63, 3.8) is 0 Å². The van der Waals surface area contributed by atoms with Gasteiger partial charge in [-0.25, -0.2) is 0 Å². The first kappa shape index (κ1) is 18.6. The zero-order valence-corrected chi connectivity index (χ0v) is 12.7. The molecule has 0 saturated carbocycles. The number of rotatable bonds is 8. The van der Waals surface area contributed by atoms with Crippen LogP contribution >= 0.6 is 0 Å². The van der Waals surface area contributed by atoms with Gasteiger partial charge in [0.05, 0.1) is 18.1 Å². The summed E-state index contributed by atoms with van der Waals surface area (Å²) in [5, 5.41) is 20.1. The fraction of sp³-hybridized carbons (Fsp3) is 0.462. The Morgan fingerprint density at radius 3 is 2.48 bits per heavy atom. The van der Waals surface area contributed by atoms with Crippen LogP contribution in [-0.2, 0) is 11.3 Å². The van der Waals surface area contributed by atoms with Crippen LogP contribution in [-0.4, -0.2) is 47.7 Å². The van der Waals surface area contributed by atoms with Crippen molar-refractivity contribution in [1.82, 2.24) is 4.90 Å². The van der Waals surface area contributed by atoms with E-state index in [0.29, 0.717) is 0 Å². The minimum atomic E-state index is -3.16. The van der Waals surface area contributed by atoms with E-state index < -0.39 is 35.0 Å². The molecule has 0 fully saturated rings. The Morgan fingerprint density at radius 2 is 2.04 bits per heavy atom. The average Bonchev–Trinajstić information content (AvgIpc) is 2.46. The number of likely N-dealkylation sites (N-methyl/N-ethyl adjacent to an activating group) is 1. The van der Waals surface area contributed by atoms with Crippen molar-refractivity contribution in [2.45, 2.75) is 26.1 Å². The van der Waals surface area contributed by atoms with Gasteiger partial charge in [-0.2, -0.15) is 8.78 Å². The second-order valence-corrected chi connectivity index (χ2v) is 4.70. The topological polar surface area (TPSA) is 102 Å². The van der Waals surface area contributed by atoms with Crippen LogP contribution in [0.4, 0.5) is 14.5 Å². The van der Waals surface area contributed by atoms with E-state index in [1.165, 1.54) is 32.0 Å². The molecule has 0 aliphatic carbocycles. The molecule has 1 atom stereocenters. The SMILES string of the molecule is COc1cc(CN(C)C(C)C(=O)O)c([N+](=O)[O-])cc1OC(F)F. The summed E-state index contributed by atoms with van der Waals surface area (Å²) in [4.78, 5) is 22.7. The van der Waals surface area contributed by atoms with Gasteiger partial charge in [0.15, 0.2) is 11.5 Å². The van der Waals surface area contributed by atoms with Crippen LogP contribution in [0.2, 0.25) is 0 Å². The lowest BCUT2D eigenvalue weighted by Gasteiger charge is -2.21. The molecule has 0 radical (unpaired) electrons. The van der Waals surface area contributed by atoms with Gasteiger partial charge in [0.25, 0.3) is 5.69 Å². The zero-order valence-electron chi connectivity index (χ0n) is 12.7. The molecule has 0 saturated heterocycles. The molecule has 1 aromatic rings. The van der Waals surface area contributed by atoms with E-state index in [2.05, 4.69) is 4.74 Å². The molecular formula is C13H16F2N2O6. The Hall–Kier alpha value is -2.49. The smallest absolute Gasteiger partial charge is 0.387 e. The summed E-state index contributed by atoms with van der Waals surface area (Å²) in [5.74, 6) is -1.67. The van der Waals surface area contributed by atoms with Gasteiger partial charge in [0.2, 0.25) is 0 Å². The van der Waals surface area contributed by atoms with Crippen LogP contribution in [0, 0.1) is 10.1 Å². The number of alkyl halides is 2. The molecular weight excluding hydrogens is 318 g/mol. The molecule has 0 heterocycles. The minimum Gasteiger partial charge on any atom is -0.493 e. The monoisotopic (exact) mass is 334 g/mol. The lowest BCUT2D eigenvalue weighted by Crippen LogP contribution is -2.35.